The molecule has 0 heterocycles. The van der Waals surface area contributed by atoms with Crippen LogP contribution in [0.25, 0.3) is 0 Å². The van der Waals surface area contributed by atoms with E-state index in [0.717, 1.165) is 12.8 Å². The SMILES string of the molecule is C=C(C)[C@H]1CC[C@@H](C)[C@](C)(O)C1. The molecule has 0 aromatic heterocycles. The molecule has 1 heteroatoms. The predicted molar refractivity (Wildman–Crippen MR) is 51.9 cm³/mol. The molecule has 70 valence electrons. The van der Waals surface area contributed by atoms with E-state index < -0.39 is 5.60 Å². The fourth-order valence-corrected chi connectivity index (χ4v) is 1.98. The van der Waals surface area contributed by atoms with Crippen molar-refractivity contribution in [3.05, 3.63) is 12.2 Å². The summed E-state index contributed by atoms with van der Waals surface area (Å²) in [4.78, 5) is 0. The maximum Gasteiger partial charge on any atom is 0.0650 e. The van der Waals surface area contributed by atoms with Crippen LogP contribution in [0.4, 0.5) is 0 Å². The lowest BCUT2D eigenvalue weighted by Gasteiger charge is -2.39. The summed E-state index contributed by atoms with van der Waals surface area (Å²) in [7, 11) is 0. The van der Waals surface area contributed by atoms with Crippen molar-refractivity contribution in [1.29, 1.82) is 0 Å². The average Bonchev–Trinajstić information content (AvgIpc) is 1.94. The van der Waals surface area contributed by atoms with Gasteiger partial charge >= 0.3 is 0 Å². The van der Waals surface area contributed by atoms with E-state index in [2.05, 4.69) is 20.4 Å². The van der Waals surface area contributed by atoms with Gasteiger partial charge in [-0.1, -0.05) is 19.1 Å². The van der Waals surface area contributed by atoms with Gasteiger partial charge in [0.05, 0.1) is 5.60 Å². The zero-order valence-electron chi connectivity index (χ0n) is 8.43. The van der Waals surface area contributed by atoms with Crippen molar-refractivity contribution in [3.63, 3.8) is 0 Å². The second kappa shape index (κ2) is 3.21. The van der Waals surface area contributed by atoms with Crippen LogP contribution in [0.1, 0.15) is 40.0 Å². The van der Waals surface area contributed by atoms with Gasteiger partial charge in [-0.05, 0) is 44.9 Å². The molecule has 1 aliphatic rings. The van der Waals surface area contributed by atoms with E-state index in [0.29, 0.717) is 11.8 Å². The standard InChI is InChI=1S/C11H20O/c1-8(2)10-6-5-9(3)11(4,12)7-10/h9-10,12H,1,5-7H2,2-4H3/t9-,10+,11-/m1/s1. The summed E-state index contributed by atoms with van der Waals surface area (Å²) < 4.78 is 0. The molecule has 0 bridgehead atoms. The molecule has 3 atom stereocenters. The van der Waals surface area contributed by atoms with Gasteiger partial charge in [0, 0.05) is 0 Å². The quantitative estimate of drug-likeness (QED) is 0.597. The highest BCUT2D eigenvalue weighted by Gasteiger charge is 2.35. The Morgan fingerprint density at radius 1 is 1.50 bits per heavy atom. The number of aliphatic hydroxyl groups is 1. The molecule has 0 aromatic rings. The molecular weight excluding hydrogens is 148 g/mol. The van der Waals surface area contributed by atoms with Gasteiger partial charge in [0.25, 0.3) is 0 Å². The second-order valence-electron chi connectivity index (χ2n) is 4.58. The molecule has 1 rings (SSSR count). The molecule has 0 radical (unpaired) electrons. The molecule has 12 heavy (non-hydrogen) atoms. The third-order valence-corrected chi connectivity index (χ3v) is 3.37. The van der Waals surface area contributed by atoms with Crippen molar-refractivity contribution < 1.29 is 5.11 Å². The first-order chi connectivity index (χ1) is 5.43. The maximum absolute atomic E-state index is 10.0. The summed E-state index contributed by atoms with van der Waals surface area (Å²) >= 11 is 0. The van der Waals surface area contributed by atoms with Crippen LogP contribution in [0.2, 0.25) is 0 Å². The van der Waals surface area contributed by atoms with Gasteiger partial charge in [-0.25, -0.2) is 0 Å². The monoisotopic (exact) mass is 168 g/mol. The van der Waals surface area contributed by atoms with E-state index in [1.165, 1.54) is 12.0 Å². The number of allylic oxidation sites excluding steroid dienone is 1. The smallest absolute Gasteiger partial charge is 0.0650 e. The molecule has 1 nitrogen and oxygen atoms in total. The van der Waals surface area contributed by atoms with Crippen molar-refractivity contribution in [2.24, 2.45) is 11.8 Å². The normalized spacial score (nSPS) is 42.7. The van der Waals surface area contributed by atoms with E-state index in [4.69, 9.17) is 0 Å². The van der Waals surface area contributed by atoms with E-state index in [1.807, 2.05) is 6.92 Å². The molecule has 0 unspecified atom stereocenters. The molecule has 1 saturated carbocycles. The summed E-state index contributed by atoms with van der Waals surface area (Å²) in [6.45, 7) is 10.1. The van der Waals surface area contributed by atoms with E-state index in [-0.39, 0.29) is 0 Å². The zero-order valence-corrected chi connectivity index (χ0v) is 8.43. The van der Waals surface area contributed by atoms with Gasteiger partial charge in [0.15, 0.2) is 0 Å². The minimum atomic E-state index is -0.470. The van der Waals surface area contributed by atoms with E-state index in [1.54, 1.807) is 0 Å². The van der Waals surface area contributed by atoms with Gasteiger partial charge in [-0.3, -0.25) is 0 Å². The van der Waals surface area contributed by atoms with Crippen molar-refractivity contribution in [1.82, 2.24) is 0 Å². The lowest BCUT2D eigenvalue weighted by atomic mass is 9.71. The Kier molecular flexibility index (Phi) is 2.62. The van der Waals surface area contributed by atoms with Crippen LogP contribution < -0.4 is 0 Å². The Labute approximate surface area is 75.5 Å². The molecule has 0 spiro atoms. The van der Waals surface area contributed by atoms with Crippen molar-refractivity contribution in [2.45, 2.75) is 45.6 Å². The van der Waals surface area contributed by atoms with Crippen LogP contribution in [0.3, 0.4) is 0 Å². The van der Waals surface area contributed by atoms with E-state index in [9.17, 15) is 5.11 Å². The molecule has 1 aliphatic carbocycles. The second-order valence-corrected chi connectivity index (χ2v) is 4.58. The van der Waals surface area contributed by atoms with Crippen molar-refractivity contribution in [3.8, 4) is 0 Å². The first-order valence-corrected chi connectivity index (χ1v) is 4.81. The Bertz CT molecular complexity index is 181. The van der Waals surface area contributed by atoms with Crippen LogP contribution in [0.15, 0.2) is 12.2 Å². The lowest BCUT2D eigenvalue weighted by Crippen LogP contribution is -2.39. The highest BCUT2D eigenvalue weighted by atomic mass is 16.3. The largest absolute Gasteiger partial charge is 0.390 e. The number of rotatable bonds is 1. The minimum absolute atomic E-state index is 0.438. The van der Waals surface area contributed by atoms with Gasteiger partial charge in [0.2, 0.25) is 0 Å². The third kappa shape index (κ3) is 1.89. The minimum Gasteiger partial charge on any atom is -0.390 e. The van der Waals surface area contributed by atoms with Gasteiger partial charge in [0.1, 0.15) is 0 Å². The molecule has 1 fully saturated rings. The van der Waals surface area contributed by atoms with Crippen molar-refractivity contribution in [2.75, 3.05) is 0 Å². The highest BCUT2D eigenvalue weighted by Crippen LogP contribution is 2.39. The first-order valence-electron chi connectivity index (χ1n) is 4.81. The molecule has 1 N–H and O–H groups in total. The van der Waals surface area contributed by atoms with Gasteiger partial charge in [-0.2, -0.15) is 0 Å². The molecule has 0 aliphatic heterocycles. The Morgan fingerprint density at radius 2 is 2.08 bits per heavy atom. The predicted octanol–water partition coefficient (Wildman–Crippen LogP) is 2.75. The average molecular weight is 168 g/mol. The lowest BCUT2D eigenvalue weighted by molar-refractivity contribution is -0.0375. The van der Waals surface area contributed by atoms with Gasteiger partial charge < -0.3 is 5.11 Å². The summed E-state index contributed by atoms with van der Waals surface area (Å²) in [6, 6.07) is 0. The summed E-state index contributed by atoms with van der Waals surface area (Å²) in [5.41, 5.74) is 0.754. The van der Waals surface area contributed by atoms with Gasteiger partial charge in [-0.15, -0.1) is 0 Å². The van der Waals surface area contributed by atoms with E-state index >= 15 is 0 Å². The van der Waals surface area contributed by atoms with Crippen LogP contribution in [0.5, 0.6) is 0 Å². The molecule has 0 aromatic carbocycles. The van der Waals surface area contributed by atoms with Crippen LogP contribution >= 0.6 is 0 Å². The van der Waals surface area contributed by atoms with Crippen molar-refractivity contribution >= 4 is 0 Å². The van der Waals surface area contributed by atoms with Crippen LogP contribution in [-0.4, -0.2) is 10.7 Å². The van der Waals surface area contributed by atoms with Crippen LogP contribution in [0, 0.1) is 11.8 Å². The highest BCUT2D eigenvalue weighted by molar-refractivity contribution is 5.02. The molecule has 0 amide bonds. The first kappa shape index (κ1) is 9.79. The Morgan fingerprint density at radius 3 is 2.50 bits per heavy atom. The maximum atomic E-state index is 10.0. The fourth-order valence-electron chi connectivity index (χ4n) is 1.98. The zero-order chi connectivity index (χ0) is 9.35. The Balaban J connectivity index is 2.63. The number of hydrogen-bond acceptors (Lipinski definition) is 1. The Hall–Kier alpha value is -0.300. The summed E-state index contributed by atoms with van der Waals surface area (Å²) in [6.07, 6.45) is 3.22. The number of hydrogen-bond donors (Lipinski definition) is 1. The fraction of sp³-hybridized carbons (Fsp3) is 0.818. The summed E-state index contributed by atoms with van der Waals surface area (Å²) in [5.74, 6) is 0.976. The van der Waals surface area contributed by atoms with Crippen LogP contribution in [-0.2, 0) is 0 Å². The third-order valence-electron chi connectivity index (χ3n) is 3.37. The molecular formula is C11H20O. The summed E-state index contributed by atoms with van der Waals surface area (Å²) in [5, 5.41) is 10.0. The molecule has 0 saturated heterocycles. The topological polar surface area (TPSA) is 20.2 Å².